The van der Waals surface area contributed by atoms with E-state index in [1.807, 2.05) is 60.7 Å². The molecule has 0 spiro atoms. The number of hydrogen-bond donors (Lipinski definition) is 2. The Labute approximate surface area is 152 Å². The Balaban J connectivity index is 1.69. The van der Waals surface area contributed by atoms with Crippen molar-refractivity contribution in [2.75, 3.05) is 7.11 Å². The number of urea groups is 1. The summed E-state index contributed by atoms with van der Waals surface area (Å²) in [6.45, 7) is 0. The molecule has 0 radical (unpaired) electrons. The lowest BCUT2D eigenvalue weighted by Gasteiger charge is -2.38. The lowest BCUT2D eigenvalue weighted by Crippen LogP contribution is -2.52. The molecule has 2 amide bonds. The molecular formula is C21H20N2O3. The van der Waals surface area contributed by atoms with Crippen molar-refractivity contribution in [2.24, 2.45) is 5.92 Å². The number of carbonyl (C=O) groups excluding carboxylic acids is 2. The smallest absolute Gasteiger partial charge is 0.319 e. The van der Waals surface area contributed by atoms with Crippen LogP contribution in [0.15, 0.2) is 66.4 Å². The minimum atomic E-state index is -0.388. The molecule has 1 fully saturated rings. The summed E-state index contributed by atoms with van der Waals surface area (Å²) < 4.78 is 5.19. The summed E-state index contributed by atoms with van der Waals surface area (Å²) in [6.07, 6.45) is 2.46. The zero-order valence-electron chi connectivity index (χ0n) is 14.4. The van der Waals surface area contributed by atoms with Gasteiger partial charge in [-0.3, -0.25) is 4.79 Å². The molecule has 3 atom stereocenters. The molecule has 0 unspecified atom stereocenters. The largest absolute Gasteiger partial charge is 0.497 e. The van der Waals surface area contributed by atoms with Gasteiger partial charge in [0.2, 0.25) is 0 Å². The maximum absolute atomic E-state index is 13.0. The number of allylic oxidation sites excluding steroid dienone is 1. The number of hydrogen-bond acceptors (Lipinski definition) is 3. The number of ketones is 1. The number of rotatable bonds is 3. The lowest BCUT2D eigenvalue weighted by molar-refractivity contribution is -0.123. The van der Waals surface area contributed by atoms with E-state index in [2.05, 4.69) is 10.6 Å². The molecule has 1 aliphatic carbocycles. The number of benzene rings is 2. The van der Waals surface area contributed by atoms with Crippen LogP contribution in [0.4, 0.5) is 4.79 Å². The second kappa shape index (κ2) is 6.67. The zero-order chi connectivity index (χ0) is 18.1. The van der Waals surface area contributed by atoms with Crippen LogP contribution in [-0.2, 0) is 4.79 Å². The van der Waals surface area contributed by atoms with Crippen molar-refractivity contribution < 1.29 is 14.3 Å². The third-order valence-electron chi connectivity index (χ3n) is 5.06. The van der Waals surface area contributed by atoms with Crippen LogP contribution in [0.1, 0.15) is 29.5 Å². The number of nitrogens with one attached hydrogen (secondary N) is 2. The van der Waals surface area contributed by atoms with Crippen LogP contribution in [0, 0.1) is 5.92 Å². The molecule has 132 valence electrons. The van der Waals surface area contributed by atoms with Gasteiger partial charge in [-0.25, -0.2) is 4.79 Å². The van der Waals surface area contributed by atoms with E-state index in [1.165, 1.54) is 0 Å². The minimum absolute atomic E-state index is 0.00938. The SMILES string of the molecule is COc1ccc([C@@H]2NC(=O)NC3=C[C@@H](c4ccccc4)CC(=O)[C@H]32)cc1. The summed E-state index contributed by atoms with van der Waals surface area (Å²) in [7, 11) is 1.61. The van der Waals surface area contributed by atoms with Crippen LogP contribution in [0.25, 0.3) is 0 Å². The quantitative estimate of drug-likeness (QED) is 0.894. The first-order chi connectivity index (χ1) is 12.7. The maximum Gasteiger partial charge on any atom is 0.319 e. The van der Waals surface area contributed by atoms with Gasteiger partial charge >= 0.3 is 6.03 Å². The molecule has 0 saturated carbocycles. The summed E-state index contributed by atoms with van der Waals surface area (Å²) >= 11 is 0. The van der Waals surface area contributed by atoms with E-state index < -0.39 is 0 Å². The maximum atomic E-state index is 13.0. The summed E-state index contributed by atoms with van der Waals surface area (Å²) in [5, 5.41) is 5.74. The highest BCUT2D eigenvalue weighted by atomic mass is 16.5. The first-order valence-electron chi connectivity index (χ1n) is 8.66. The topological polar surface area (TPSA) is 67.4 Å². The fraction of sp³-hybridized carbons (Fsp3) is 0.238. The molecule has 1 saturated heterocycles. The van der Waals surface area contributed by atoms with E-state index in [4.69, 9.17) is 4.74 Å². The van der Waals surface area contributed by atoms with E-state index >= 15 is 0 Å². The molecule has 2 aliphatic rings. The van der Waals surface area contributed by atoms with Crippen LogP contribution in [-0.4, -0.2) is 18.9 Å². The van der Waals surface area contributed by atoms with Crippen molar-refractivity contribution in [1.82, 2.24) is 10.6 Å². The summed E-state index contributed by atoms with van der Waals surface area (Å²) in [5.41, 5.74) is 2.67. The van der Waals surface area contributed by atoms with Gasteiger partial charge in [0.15, 0.2) is 0 Å². The fourth-order valence-electron chi connectivity index (χ4n) is 3.77. The molecule has 4 rings (SSSR count). The fourth-order valence-corrected chi connectivity index (χ4v) is 3.77. The van der Waals surface area contributed by atoms with Crippen LogP contribution in [0.5, 0.6) is 5.75 Å². The second-order valence-corrected chi connectivity index (χ2v) is 6.64. The average Bonchev–Trinajstić information content (AvgIpc) is 2.67. The Morgan fingerprint density at radius 2 is 1.69 bits per heavy atom. The predicted molar refractivity (Wildman–Crippen MR) is 97.8 cm³/mol. The molecule has 2 aromatic rings. The van der Waals surface area contributed by atoms with E-state index in [0.29, 0.717) is 12.1 Å². The molecule has 5 nitrogen and oxygen atoms in total. The van der Waals surface area contributed by atoms with Gasteiger partial charge in [0.05, 0.1) is 19.1 Å². The molecule has 2 N–H and O–H groups in total. The van der Waals surface area contributed by atoms with Crippen molar-refractivity contribution in [3.05, 3.63) is 77.5 Å². The van der Waals surface area contributed by atoms with Crippen LogP contribution in [0.2, 0.25) is 0 Å². The third kappa shape index (κ3) is 2.96. The van der Waals surface area contributed by atoms with Crippen molar-refractivity contribution in [3.63, 3.8) is 0 Å². The third-order valence-corrected chi connectivity index (χ3v) is 5.06. The molecule has 1 heterocycles. The number of methoxy groups -OCH3 is 1. The molecular weight excluding hydrogens is 328 g/mol. The van der Waals surface area contributed by atoms with E-state index in [9.17, 15) is 9.59 Å². The Kier molecular flexibility index (Phi) is 4.21. The van der Waals surface area contributed by atoms with Crippen LogP contribution >= 0.6 is 0 Å². The minimum Gasteiger partial charge on any atom is -0.497 e. The van der Waals surface area contributed by atoms with Crippen LogP contribution < -0.4 is 15.4 Å². The van der Waals surface area contributed by atoms with Gasteiger partial charge in [-0.05, 0) is 23.3 Å². The van der Waals surface area contributed by atoms with Gasteiger partial charge in [0, 0.05) is 18.0 Å². The first-order valence-corrected chi connectivity index (χ1v) is 8.66. The predicted octanol–water partition coefficient (Wildman–Crippen LogP) is 3.31. The van der Waals surface area contributed by atoms with E-state index in [0.717, 1.165) is 16.9 Å². The average molecular weight is 348 g/mol. The lowest BCUT2D eigenvalue weighted by atomic mass is 9.75. The van der Waals surface area contributed by atoms with Gasteiger partial charge in [0.1, 0.15) is 11.5 Å². The van der Waals surface area contributed by atoms with E-state index in [-0.39, 0.29) is 29.7 Å². The number of ether oxygens (including phenoxy) is 1. The normalized spacial score (nSPS) is 24.8. The van der Waals surface area contributed by atoms with Gasteiger partial charge in [-0.2, -0.15) is 0 Å². The highest BCUT2D eigenvalue weighted by molar-refractivity contribution is 5.91. The molecule has 2 aromatic carbocycles. The number of fused-ring (bicyclic) bond motifs is 1. The molecule has 5 heteroatoms. The number of carbonyl (C=O) groups is 2. The van der Waals surface area contributed by atoms with Gasteiger partial charge in [-0.15, -0.1) is 0 Å². The molecule has 26 heavy (non-hydrogen) atoms. The van der Waals surface area contributed by atoms with Gasteiger partial charge < -0.3 is 15.4 Å². The summed E-state index contributed by atoms with van der Waals surface area (Å²) in [4.78, 5) is 25.1. The highest BCUT2D eigenvalue weighted by Gasteiger charge is 2.41. The zero-order valence-corrected chi connectivity index (χ0v) is 14.4. The van der Waals surface area contributed by atoms with Gasteiger partial charge in [-0.1, -0.05) is 48.5 Å². The van der Waals surface area contributed by atoms with Gasteiger partial charge in [0.25, 0.3) is 0 Å². The Morgan fingerprint density at radius 3 is 2.38 bits per heavy atom. The Morgan fingerprint density at radius 1 is 0.962 bits per heavy atom. The number of Topliss-reactive ketones (excluding diaryl/α,β-unsaturated/α-hetero) is 1. The monoisotopic (exact) mass is 348 g/mol. The first kappa shape index (κ1) is 16.4. The molecule has 0 aromatic heterocycles. The van der Waals surface area contributed by atoms with Crippen molar-refractivity contribution in [3.8, 4) is 5.75 Å². The van der Waals surface area contributed by atoms with Crippen molar-refractivity contribution in [1.29, 1.82) is 0 Å². The summed E-state index contributed by atoms with van der Waals surface area (Å²) in [6, 6.07) is 16.7. The summed E-state index contributed by atoms with van der Waals surface area (Å²) in [5.74, 6) is 0.472. The van der Waals surface area contributed by atoms with Crippen LogP contribution in [0.3, 0.4) is 0 Å². The van der Waals surface area contributed by atoms with Crippen molar-refractivity contribution in [2.45, 2.75) is 18.4 Å². The second-order valence-electron chi connectivity index (χ2n) is 6.64. The Bertz CT molecular complexity index is 859. The highest BCUT2D eigenvalue weighted by Crippen LogP contribution is 2.39. The number of amides is 2. The Hall–Kier alpha value is -3.08. The molecule has 0 bridgehead atoms. The van der Waals surface area contributed by atoms with Crippen molar-refractivity contribution >= 4 is 11.8 Å². The van der Waals surface area contributed by atoms with E-state index in [1.54, 1.807) is 7.11 Å². The standard InChI is InChI=1S/C21H20N2O3/c1-26-16-9-7-14(8-10-16)20-19-17(22-21(25)23-20)11-15(12-18(19)24)13-5-3-2-4-6-13/h2-11,15,19-20H,12H2,1H3,(H2,22,23,25)/t15-,19+,20+/m1/s1. The molecule has 1 aliphatic heterocycles.